The molecule has 1 N–H and O–H groups in total. The van der Waals surface area contributed by atoms with E-state index in [4.69, 9.17) is 4.74 Å². The van der Waals surface area contributed by atoms with Crippen molar-refractivity contribution in [3.8, 4) is 0 Å². The third kappa shape index (κ3) is 3.94. The fourth-order valence-electron chi connectivity index (χ4n) is 2.81. The van der Waals surface area contributed by atoms with Gasteiger partial charge in [0, 0.05) is 10.6 Å². The van der Waals surface area contributed by atoms with Crippen molar-refractivity contribution in [2.75, 3.05) is 18.0 Å². The summed E-state index contributed by atoms with van der Waals surface area (Å²) >= 11 is 1.56. The van der Waals surface area contributed by atoms with E-state index in [9.17, 15) is 9.59 Å². The fourth-order valence-corrected chi connectivity index (χ4v) is 3.51. The van der Waals surface area contributed by atoms with E-state index in [-0.39, 0.29) is 18.1 Å². The average Bonchev–Trinajstić information content (AvgIpc) is 3.13. The number of amides is 2. The second-order valence-corrected chi connectivity index (χ2v) is 7.05. The molecule has 1 aliphatic rings. The number of aryl methyl sites for hydroxylation is 2. The molecule has 5 nitrogen and oxygen atoms in total. The van der Waals surface area contributed by atoms with Crippen molar-refractivity contribution in [1.29, 1.82) is 0 Å². The highest BCUT2D eigenvalue weighted by molar-refractivity contribution is 7.10. The number of carbonyl (C=O) groups excluding carboxylic acids is 2. The largest absolute Gasteiger partial charge is 0.442 e. The number of rotatable bonds is 5. The molecule has 1 aromatic heterocycles. The lowest BCUT2D eigenvalue weighted by atomic mass is 10.1. The van der Waals surface area contributed by atoms with Crippen molar-refractivity contribution >= 4 is 29.0 Å². The van der Waals surface area contributed by atoms with Gasteiger partial charge in [-0.25, -0.2) is 4.79 Å². The molecule has 2 aromatic rings. The summed E-state index contributed by atoms with van der Waals surface area (Å²) in [6.45, 7) is 4.78. The molecule has 0 saturated carbocycles. The highest BCUT2D eigenvalue weighted by atomic mass is 32.1. The predicted molar refractivity (Wildman–Crippen MR) is 94.6 cm³/mol. The predicted octanol–water partition coefficient (Wildman–Crippen LogP) is 3.05. The van der Waals surface area contributed by atoms with Crippen LogP contribution < -0.4 is 10.2 Å². The van der Waals surface area contributed by atoms with Gasteiger partial charge in [0.2, 0.25) is 5.91 Å². The number of hydrogen-bond acceptors (Lipinski definition) is 4. The van der Waals surface area contributed by atoms with E-state index in [0.717, 1.165) is 21.7 Å². The summed E-state index contributed by atoms with van der Waals surface area (Å²) in [5.74, 6) is -0.0571. The molecule has 24 heavy (non-hydrogen) atoms. The van der Waals surface area contributed by atoms with Crippen LogP contribution >= 0.6 is 11.3 Å². The maximum Gasteiger partial charge on any atom is 0.414 e. The molecule has 0 radical (unpaired) electrons. The second-order valence-electron chi connectivity index (χ2n) is 6.02. The molecule has 0 bridgehead atoms. The Labute approximate surface area is 145 Å². The zero-order chi connectivity index (χ0) is 17.1. The third-order valence-electron chi connectivity index (χ3n) is 3.83. The minimum absolute atomic E-state index is 0.0571. The molecule has 1 aromatic carbocycles. The van der Waals surface area contributed by atoms with Crippen LogP contribution in [0.5, 0.6) is 0 Å². The first-order chi connectivity index (χ1) is 11.5. The quantitative estimate of drug-likeness (QED) is 0.907. The average molecular weight is 344 g/mol. The van der Waals surface area contributed by atoms with Crippen LogP contribution in [0.2, 0.25) is 0 Å². The number of hydrogen-bond donors (Lipinski definition) is 1. The number of thiophene rings is 1. The molecule has 1 atom stereocenters. The Morgan fingerprint density at radius 3 is 2.75 bits per heavy atom. The maximum atomic E-state index is 12.1. The third-order valence-corrected chi connectivity index (χ3v) is 4.71. The topological polar surface area (TPSA) is 58.6 Å². The minimum Gasteiger partial charge on any atom is -0.442 e. The fraction of sp³-hybridized carbons (Fsp3) is 0.333. The number of nitrogens with one attached hydrogen (secondary N) is 1. The lowest BCUT2D eigenvalue weighted by Crippen LogP contribution is -2.35. The molecule has 0 aliphatic carbocycles. The maximum absolute atomic E-state index is 12.1. The molecule has 126 valence electrons. The van der Waals surface area contributed by atoms with Gasteiger partial charge in [0.15, 0.2) is 0 Å². The Balaban J connectivity index is 1.55. The van der Waals surface area contributed by atoms with E-state index in [0.29, 0.717) is 19.5 Å². The van der Waals surface area contributed by atoms with E-state index in [1.54, 1.807) is 16.2 Å². The van der Waals surface area contributed by atoms with Gasteiger partial charge in [0.1, 0.15) is 6.10 Å². The van der Waals surface area contributed by atoms with Gasteiger partial charge in [-0.1, -0.05) is 12.1 Å². The van der Waals surface area contributed by atoms with Crippen molar-refractivity contribution in [3.63, 3.8) is 0 Å². The van der Waals surface area contributed by atoms with Crippen molar-refractivity contribution < 1.29 is 14.3 Å². The molecular weight excluding hydrogens is 324 g/mol. The first-order valence-electron chi connectivity index (χ1n) is 7.87. The number of carbonyl (C=O) groups is 2. The van der Waals surface area contributed by atoms with Crippen LogP contribution in [-0.4, -0.2) is 31.2 Å². The van der Waals surface area contributed by atoms with Crippen LogP contribution in [0.3, 0.4) is 0 Å². The molecular formula is C18H20N2O3S. The summed E-state index contributed by atoms with van der Waals surface area (Å²) in [4.78, 5) is 26.7. The van der Waals surface area contributed by atoms with Gasteiger partial charge in [0.05, 0.1) is 19.5 Å². The van der Waals surface area contributed by atoms with Crippen LogP contribution in [-0.2, 0) is 16.0 Å². The number of cyclic esters (lactones) is 1. The number of nitrogens with zero attached hydrogens (tertiary/aromatic N) is 1. The van der Waals surface area contributed by atoms with Crippen molar-refractivity contribution in [3.05, 3.63) is 51.7 Å². The zero-order valence-electron chi connectivity index (χ0n) is 13.7. The lowest BCUT2D eigenvalue weighted by molar-refractivity contribution is -0.120. The van der Waals surface area contributed by atoms with Crippen molar-refractivity contribution in [2.45, 2.75) is 26.4 Å². The molecule has 1 fully saturated rings. The Hall–Kier alpha value is -2.34. The zero-order valence-corrected chi connectivity index (χ0v) is 14.6. The smallest absolute Gasteiger partial charge is 0.414 e. The van der Waals surface area contributed by atoms with Crippen LogP contribution in [0.4, 0.5) is 10.5 Å². The molecule has 6 heteroatoms. The highest BCUT2D eigenvalue weighted by Gasteiger charge is 2.32. The monoisotopic (exact) mass is 344 g/mol. The second kappa shape index (κ2) is 7.05. The summed E-state index contributed by atoms with van der Waals surface area (Å²) in [5.41, 5.74) is 3.04. The van der Waals surface area contributed by atoms with Gasteiger partial charge in [-0.15, -0.1) is 11.3 Å². The highest BCUT2D eigenvalue weighted by Crippen LogP contribution is 2.24. The van der Waals surface area contributed by atoms with Gasteiger partial charge in [0.25, 0.3) is 0 Å². The molecule has 1 saturated heterocycles. The van der Waals surface area contributed by atoms with Gasteiger partial charge in [-0.2, -0.15) is 0 Å². The Bertz CT molecular complexity index is 722. The van der Waals surface area contributed by atoms with Crippen molar-refractivity contribution in [1.82, 2.24) is 5.32 Å². The van der Waals surface area contributed by atoms with E-state index < -0.39 is 0 Å². The molecule has 2 amide bonds. The molecule has 3 rings (SSSR count). The Morgan fingerprint density at radius 1 is 1.33 bits per heavy atom. The van der Waals surface area contributed by atoms with Gasteiger partial charge in [-0.3, -0.25) is 9.69 Å². The van der Waals surface area contributed by atoms with Gasteiger partial charge in [-0.05, 0) is 48.6 Å². The van der Waals surface area contributed by atoms with Crippen LogP contribution in [0.1, 0.15) is 16.0 Å². The lowest BCUT2D eigenvalue weighted by Gasteiger charge is -2.14. The van der Waals surface area contributed by atoms with E-state index in [1.807, 2.05) is 43.5 Å². The molecule has 0 spiro atoms. The Kier molecular flexibility index (Phi) is 4.85. The van der Waals surface area contributed by atoms with Crippen LogP contribution in [0.15, 0.2) is 35.7 Å². The van der Waals surface area contributed by atoms with Crippen LogP contribution in [0, 0.1) is 13.8 Å². The molecule has 1 unspecified atom stereocenters. The van der Waals surface area contributed by atoms with Gasteiger partial charge >= 0.3 is 6.09 Å². The molecule has 2 heterocycles. The first kappa shape index (κ1) is 16.5. The van der Waals surface area contributed by atoms with Crippen LogP contribution in [0.25, 0.3) is 0 Å². The summed E-state index contributed by atoms with van der Waals surface area (Å²) in [6, 6.07) is 9.85. The normalized spacial score (nSPS) is 17.0. The van der Waals surface area contributed by atoms with E-state index >= 15 is 0 Å². The van der Waals surface area contributed by atoms with E-state index in [1.165, 1.54) is 0 Å². The van der Waals surface area contributed by atoms with E-state index in [2.05, 4.69) is 11.4 Å². The standard InChI is InChI=1S/C18H20N2O3S/c1-12-6-13(2)8-14(7-12)20-11-15(23-18(20)22)10-19-17(21)9-16-4-3-5-24-16/h3-8,15H,9-11H2,1-2H3,(H,19,21). The first-order valence-corrected chi connectivity index (χ1v) is 8.75. The number of benzene rings is 1. The molecule has 1 aliphatic heterocycles. The van der Waals surface area contributed by atoms with Crippen molar-refractivity contribution in [2.24, 2.45) is 0 Å². The number of ether oxygens (including phenoxy) is 1. The summed E-state index contributed by atoms with van der Waals surface area (Å²) in [6.07, 6.45) is -0.331. The van der Waals surface area contributed by atoms with Gasteiger partial charge < -0.3 is 10.1 Å². The summed E-state index contributed by atoms with van der Waals surface area (Å²) in [7, 11) is 0. The minimum atomic E-state index is -0.363. The Morgan fingerprint density at radius 2 is 2.08 bits per heavy atom. The summed E-state index contributed by atoms with van der Waals surface area (Å²) in [5, 5.41) is 4.79. The SMILES string of the molecule is Cc1cc(C)cc(N2CC(CNC(=O)Cc3cccs3)OC2=O)c1. The number of anilines is 1. The summed E-state index contributed by atoms with van der Waals surface area (Å²) < 4.78 is 5.37.